The fraction of sp³-hybridized carbons (Fsp3) is 0.533. The molecule has 1 rings (SSSR count). The van der Waals surface area contributed by atoms with Crippen molar-refractivity contribution in [3.63, 3.8) is 0 Å². The lowest BCUT2D eigenvalue weighted by Gasteiger charge is -2.19. The minimum Gasteiger partial charge on any atom is -0.445 e. The second-order valence-electron chi connectivity index (χ2n) is 4.59. The maximum absolute atomic E-state index is 11.5. The summed E-state index contributed by atoms with van der Waals surface area (Å²) in [6, 6.07) is 9.42. The Morgan fingerprint density at radius 3 is 2.70 bits per heavy atom. The van der Waals surface area contributed by atoms with Gasteiger partial charge in [0.25, 0.3) is 0 Å². The standard InChI is InChI=1S/C15H23NO4/c1-3-9-19-12(2)14(17)10-16-15(18)20-11-13-7-5-4-6-8-13/h4-8,12,14,17H,3,9-11H2,1-2H3,(H,16,18)/t12?,14-/m1/s1. The van der Waals surface area contributed by atoms with Crippen molar-refractivity contribution in [2.45, 2.75) is 39.1 Å². The molecule has 2 atom stereocenters. The lowest BCUT2D eigenvalue weighted by Crippen LogP contribution is -2.39. The Morgan fingerprint density at radius 2 is 2.05 bits per heavy atom. The molecule has 0 aliphatic carbocycles. The number of benzene rings is 1. The maximum atomic E-state index is 11.5. The summed E-state index contributed by atoms with van der Waals surface area (Å²) in [6.07, 6.45) is -0.713. The van der Waals surface area contributed by atoms with E-state index in [9.17, 15) is 9.90 Å². The summed E-state index contributed by atoms with van der Waals surface area (Å²) in [5, 5.41) is 12.3. The highest BCUT2D eigenvalue weighted by Crippen LogP contribution is 2.01. The fourth-order valence-corrected chi connectivity index (χ4v) is 1.54. The molecule has 1 aromatic rings. The van der Waals surface area contributed by atoms with E-state index in [1.807, 2.05) is 37.3 Å². The molecule has 112 valence electrons. The zero-order valence-corrected chi connectivity index (χ0v) is 12.0. The Morgan fingerprint density at radius 1 is 1.35 bits per heavy atom. The van der Waals surface area contributed by atoms with Crippen LogP contribution in [0.5, 0.6) is 0 Å². The van der Waals surface area contributed by atoms with Gasteiger partial charge in [0.05, 0.1) is 12.2 Å². The number of carbonyl (C=O) groups excluding carboxylic acids is 1. The van der Waals surface area contributed by atoms with Crippen LogP contribution in [0, 0.1) is 0 Å². The molecule has 1 aromatic carbocycles. The van der Waals surface area contributed by atoms with Crippen LogP contribution in [0.15, 0.2) is 30.3 Å². The second-order valence-corrected chi connectivity index (χ2v) is 4.59. The van der Waals surface area contributed by atoms with E-state index < -0.39 is 12.2 Å². The van der Waals surface area contributed by atoms with Crippen molar-refractivity contribution in [3.8, 4) is 0 Å². The number of hydrogen-bond donors (Lipinski definition) is 2. The van der Waals surface area contributed by atoms with E-state index in [2.05, 4.69) is 5.32 Å². The predicted molar refractivity (Wildman–Crippen MR) is 76.3 cm³/mol. The number of ether oxygens (including phenoxy) is 2. The second kappa shape index (κ2) is 9.34. The van der Waals surface area contributed by atoms with Crippen LogP contribution >= 0.6 is 0 Å². The first kappa shape index (κ1) is 16.5. The number of hydrogen-bond acceptors (Lipinski definition) is 4. The fourth-order valence-electron chi connectivity index (χ4n) is 1.54. The Kier molecular flexibility index (Phi) is 7.69. The molecule has 5 heteroatoms. The molecule has 2 N–H and O–H groups in total. The van der Waals surface area contributed by atoms with Gasteiger partial charge in [-0.3, -0.25) is 0 Å². The summed E-state index contributed by atoms with van der Waals surface area (Å²) in [5.41, 5.74) is 0.919. The molecule has 1 unspecified atom stereocenters. The first-order valence-corrected chi connectivity index (χ1v) is 6.87. The van der Waals surface area contributed by atoms with E-state index in [0.29, 0.717) is 6.61 Å². The summed E-state index contributed by atoms with van der Waals surface area (Å²) < 4.78 is 10.4. The topological polar surface area (TPSA) is 67.8 Å². The molecule has 0 saturated heterocycles. The van der Waals surface area contributed by atoms with E-state index in [4.69, 9.17) is 9.47 Å². The van der Waals surface area contributed by atoms with Crippen molar-refractivity contribution in [3.05, 3.63) is 35.9 Å². The highest BCUT2D eigenvalue weighted by Gasteiger charge is 2.15. The van der Waals surface area contributed by atoms with Gasteiger partial charge in [0.1, 0.15) is 6.61 Å². The van der Waals surface area contributed by atoms with Gasteiger partial charge < -0.3 is 19.9 Å². The van der Waals surface area contributed by atoms with Gasteiger partial charge in [-0.25, -0.2) is 4.79 Å². The quantitative estimate of drug-likeness (QED) is 0.765. The molecule has 0 saturated carbocycles. The van der Waals surface area contributed by atoms with Crippen LogP contribution in [-0.4, -0.2) is 36.6 Å². The number of alkyl carbamates (subject to hydrolysis) is 1. The highest BCUT2D eigenvalue weighted by atomic mass is 16.5. The Hall–Kier alpha value is -1.59. The Labute approximate surface area is 119 Å². The van der Waals surface area contributed by atoms with Crippen molar-refractivity contribution >= 4 is 6.09 Å². The van der Waals surface area contributed by atoms with E-state index >= 15 is 0 Å². The van der Waals surface area contributed by atoms with E-state index in [1.165, 1.54) is 0 Å². The third-order valence-electron chi connectivity index (χ3n) is 2.80. The monoisotopic (exact) mass is 281 g/mol. The molecular formula is C15H23NO4. The number of aliphatic hydroxyl groups is 1. The van der Waals surface area contributed by atoms with Gasteiger partial charge >= 0.3 is 6.09 Å². The van der Waals surface area contributed by atoms with Gasteiger partial charge in [-0.15, -0.1) is 0 Å². The molecule has 1 amide bonds. The van der Waals surface area contributed by atoms with Gasteiger partial charge in [0.15, 0.2) is 0 Å². The lowest BCUT2D eigenvalue weighted by molar-refractivity contribution is -0.0251. The van der Waals surface area contributed by atoms with Crippen molar-refractivity contribution < 1.29 is 19.4 Å². The highest BCUT2D eigenvalue weighted by molar-refractivity contribution is 5.67. The molecular weight excluding hydrogens is 258 g/mol. The van der Waals surface area contributed by atoms with Gasteiger partial charge in [0, 0.05) is 13.2 Å². The first-order valence-electron chi connectivity index (χ1n) is 6.87. The summed E-state index contributed by atoms with van der Waals surface area (Å²) in [5.74, 6) is 0. The van der Waals surface area contributed by atoms with Crippen LogP contribution in [0.3, 0.4) is 0 Å². The molecule has 0 spiro atoms. The van der Waals surface area contributed by atoms with Gasteiger partial charge in [-0.1, -0.05) is 37.3 Å². The average Bonchev–Trinajstić information content (AvgIpc) is 2.49. The van der Waals surface area contributed by atoms with Crippen molar-refractivity contribution in [2.75, 3.05) is 13.2 Å². The predicted octanol–water partition coefficient (Wildman–Crippen LogP) is 2.09. The van der Waals surface area contributed by atoms with Crippen LogP contribution in [-0.2, 0) is 16.1 Å². The molecule has 0 aliphatic rings. The summed E-state index contributed by atoms with van der Waals surface area (Å²) >= 11 is 0. The summed E-state index contributed by atoms with van der Waals surface area (Å²) in [7, 11) is 0. The van der Waals surface area contributed by atoms with Crippen LogP contribution in [0.25, 0.3) is 0 Å². The molecule has 0 heterocycles. The number of amides is 1. The first-order chi connectivity index (χ1) is 9.63. The normalized spacial score (nSPS) is 13.6. The average molecular weight is 281 g/mol. The SMILES string of the molecule is CCCOC(C)[C@H](O)CNC(=O)OCc1ccccc1. The molecule has 0 aromatic heterocycles. The van der Waals surface area contributed by atoms with Crippen LogP contribution in [0.1, 0.15) is 25.8 Å². The largest absolute Gasteiger partial charge is 0.445 e. The van der Waals surface area contributed by atoms with Crippen LogP contribution in [0.2, 0.25) is 0 Å². The molecule has 20 heavy (non-hydrogen) atoms. The van der Waals surface area contributed by atoms with Crippen LogP contribution in [0.4, 0.5) is 4.79 Å². The van der Waals surface area contributed by atoms with E-state index in [-0.39, 0.29) is 19.3 Å². The smallest absolute Gasteiger partial charge is 0.407 e. The Bertz CT molecular complexity index is 383. The molecule has 0 radical (unpaired) electrons. The third kappa shape index (κ3) is 6.54. The van der Waals surface area contributed by atoms with Crippen LogP contribution < -0.4 is 5.32 Å². The van der Waals surface area contributed by atoms with Crippen molar-refractivity contribution in [2.24, 2.45) is 0 Å². The van der Waals surface area contributed by atoms with Crippen molar-refractivity contribution in [1.29, 1.82) is 0 Å². The molecule has 0 bridgehead atoms. The zero-order chi connectivity index (χ0) is 14.8. The number of rotatable bonds is 8. The van der Waals surface area contributed by atoms with Gasteiger partial charge in [0.2, 0.25) is 0 Å². The van der Waals surface area contributed by atoms with Gasteiger partial charge in [-0.2, -0.15) is 0 Å². The maximum Gasteiger partial charge on any atom is 0.407 e. The Balaban J connectivity index is 2.19. The molecule has 0 fully saturated rings. The minimum absolute atomic E-state index is 0.110. The molecule has 0 aliphatic heterocycles. The van der Waals surface area contributed by atoms with Crippen molar-refractivity contribution in [1.82, 2.24) is 5.32 Å². The minimum atomic E-state index is -0.745. The zero-order valence-electron chi connectivity index (χ0n) is 12.0. The number of nitrogens with one attached hydrogen (secondary N) is 1. The van der Waals surface area contributed by atoms with Gasteiger partial charge in [-0.05, 0) is 18.9 Å². The number of aliphatic hydroxyl groups excluding tert-OH is 1. The third-order valence-corrected chi connectivity index (χ3v) is 2.80. The summed E-state index contributed by atoms with van der Waals surface area (Å²) in [4.78, 5) is 11.5. The lowest BCUT2D eigenvalue weighted by atomic mass is 10.2. The summed E-state index contributed by atoms with van der Waals surface area (Å²) in [6.45, 7) is 4.69. The van der Waals surface area contributed by atoms with E-state index in [1.54, 1.807) is 6.92 Å². The molecule has 5 nitrogen and oxygen atoms in total. The van der Waals surface area contributed by atoms with E-state index in [0.717, 1.165) is 12.0 Å². The number of carbonyl (C=O) groups is 1.